The molecule has 0 bridgehead atoms. The smallest absolute Gasteiger partial charge is 0.0614 e. The number of halogens is 1. The van der Waals surface area contributed by atoms with Crippen molar-refractivity contribution in [1.29, 1.82) is 0 Å². The number of unbranched alkanes of at least 4 members (excludes halogenated alkanes) is 1. The molecule has 2 saturated carbocycles. The van der Waals surface area contributed by atoms with Crippen LogP contribution in [-0.4, -0.2) is 30.2 Å². The summed E-state index contributed by atoms with van der Waals surface area (Å²) in [6, 6.07) is 0. The summed E-state index contributed by atoms with van der Waals surface area (Å²) in [5, 5.41) is 0. The van der Waals surface area contributed by atoms with Crippen LogP contribution < -0.4 is 0 Å². The standard InChI is InChI=1S/C24H43BrO2/c1-3-5-15-26-22-13-11-19(12-14-22)18-7-9-20(10-8-18)24-16-23(25)21(6-4-2)17-27-24/h18-24H,3-17H2,1-2H3. The molecule has 1 heterocycles. The second-order valence-corrected chi connectivity index (χ2v) is 10.8. The van der Waals surface area contributed by atoms with Crippen molar-refractivity contribution in [3.63, 3.8) is 0 Å². The van der Waals surface area contributed by atoms with Crippen LogP contribution in [0, 0.1) is 23.7 Å². The molecule has 0 aromatic carbocycles. The minimum Gasteiger partial charge on any atom is -0.378 e. The molecule has 0 aromatic heterocycles. The molecule has 0 spiro atoms. The van der Waals surface area contributed by atoms with Crippen LogP contribution in [0.2, 0.25) is 0 Å². The third kappa shape index (κ3) is 6.44. The van der Waals surface area contributed by atoms with Crippen molar-refractivity contribution in [2.24, 2.45) is 23.7 Å². The Hall–Kier alpha value is 0.400. The molecular formula is C24H43BrO2. The molecule has 0 amide bonds. The molecular weight excluding hydrogens is 400 g/mol. The van der Waals surface area contributed by atoms with Crippen LogP contribution in [0.3, 0.4) is 0 Å². The fourth-order valence-corrected chi connectivity index (χ4v) is 6.69. The highest BCUT2D eigenvalue weighted by Gasteiger charge is 2.37. The molecule has 1 saturated heterocycles. The molecule has 0 aromatic rings. The Kier molecular flexibility index (Phi) is 9.45. The number of ether oxygens (including phenoxy) is 2. The minimum atomic E-state index is 0.520. The molecule has 3 aliphatic rings. The maximum absolute atomic E-state index is 6.35. The molecule has 158 valence electrons. The van der Waals surface area contributed by atoms with E-state index in [1.54, 1.807) is 0 Å². The highest BCUT2D eigenvalue weighted by atomic mass is 79.9. The monoisotopic (exact) mass is 442 g/mol. The van der Waals surface area contributed by atoms with Crippen molar-refractivity contribution in [3.05, 3.63) is 0 Å². The first kappa shape index (κ1) is 22.1. The summed E-state index contributed by atoms with van der Waals surface area (Å²) in [5.74, 6) is 3.51. The Labute approximate surface area is 176 Å². The maximum Gasteiger partial charge on any atom is 0.0614 e. The highest BCUT2D eigenvalue weighted by Crippen LogP contribution is 2.43. The van der Waals surface area contributed by atoms with Gasteiger partial charge in [-0.25, -0.2) is 0 Å². The lowest BCUT2D eigenvalue weighted by Crippen LogP contribution is -2.40. The third-order valence-electron chi connectivity index (χ3n) is 7.73. The van der Waals surface area contributed by atoms with E-state index in [-0.39, 0.29) is 0 Å². The predicted octanol–water partition coefficient (Wildman–Crippen LogP) is 7.14. The normalized spacial score (nSPS) is 40.8. The first-order valence-corrected chi connectivity index (χ1v) is 13.0. The summed E-state index contributed by atoms with van der Waals surface area (Å²) >= 11 is 3.97. The van der Waals surface area contributed by atoms with E-state index in [0.717, 1.165) is 36.9 Å². The van der Waals surface area contributed by atoms with Crippen LogP contribution in [0.5, 0.6) is 0 Å². The fraction of sp³-hybridized carbons (Fsp3) is 1.00. The zero-order valence-electron chi connectivity index (χ0n) is 17.8. The van der Waals surface area contributed by atoms with Gasteiger partial charge in [0.15, 0.2) is 0 Å². The van der Waals surface area contributed by atoms with Crippen molar-refractivity contribution in [1.82, 2.24) is 0 Å². The molecule has 0 N–H and O–H groups in total. The van der Waals surface area contributed by atoms with Crippen LogP contribution in [0.25, 0.3) is 0 Å². The van der Waals surface area contributed by atoms with Crippen LogP contribution in [0.4, 0.5) is 0 Å². The van der Waals surface area contributed by atoms with Gasteiger partial charge < -0.3 is 9.47 Å². The number of rotatable bonds is 8. The first-order valence-electron chi connectivity index (χ1n) is 12.1. The lowest BCUT2D eigenvalue weighted by atomic mass is 9.69. The SMILES string of the molecule is CCCCOC1CCC(C2CCC(C3CC(Br)C(CCC)CO3)CC2)CC1. The quantitative estimate of drug-likeness (QED) is 0.293. The fourth-order valence-electron chi connectivity index (χ4n) is 5.91. The summed E-state index contributed by atoms with van der Waals surface area (Å²) in [6.07, 6.45) is 18.5. The van der Waals surface area contributed by atoms with E-state index in [2.05, 4.69) is 29.8 Å². The molecule has 1 aliphatic heterocycles. The molecule has 2 aliphatic carbocycles. The highest BCUT2D eigenvalue weighted by molar-refractivity contribution is 9.09. The Morgan fingerprint density at radius 3 is 2.07 bits per heavy atom. The van der Waals surface area contributed by atoms with Crippen LogP contribution >= 0.6 is 15.9 Å². The van der Waals surface area contributed by atoms with Crippen LogP contribution in [0.15, 0.2) is 0 Å². The van der Waals surface area contributed by atoms with Crippen LogP contribution in [-0.2, 0) is 9.47 Å². The van der Waals surface area contributed by atoms with Gasteiger partial charge in [0.1, 0.15) is 0 Å². The zero-order valence-corrected chi connectivity index (χ0v) is 19.4. The Morgan fingerprint density at radius 1 is 0.852 bits per heavy atom. The van der Waals surface area contributed by atoms with Crippen molar-refractivity contribution in [2.45, 2.75) is 114 Å². The average Bonchev–Trinajstić information content (AvgIpc) is 2.71. The summed E-state index contributed by atoms with van der Waals surface area (Å²) in [5.41, 5.74) is 0. The van der Waals surface area contributed by atoms with Crippen molar-refractivity contribution >= 4 is 15.9 Å². The van der Waals surface area contributed by atoms with Crippen molar-refractivity contribution in [2.75, 3.05) is 13.2 Å². The topological polar surface area (TPSA) is 18.5 Å². The van der Waals surface area contributed by atoms with E-state index >= 15 is 0 Å². The molecule has 3 heteroatoms. The lowest BCUT2D eigenvalue weighted by Gasteiger charge is -2.42. The van der Waals surface area contributed by atoms with Gasteiger partial charge in [-0.2, -0.15) is 0 Å². The zero-order chi connectivity index (χ0) is 19.1. The van der Waals surface area contributed by atoms with Gasteiger partial charge in [-0.1, -0.05) is 42.6 Å². The van der Waals surface area contributed by atoms with Crippen molar-refractivity contribution < 1.29 is 9.47 Å². The predicted molar refractivity (Wildman–Crippen MR) is 118 cm³/mol. The van der Waals surface area contributed by atoms with E-state index in [4.69, 9.17) is 9.47 Å². The van der Waals surface area contributed by atoms with Gasteiger partial charge in [-0.05, 0) is 94.3 Å². The third-order valence-corrected chi connectivity index (χ3v) is 8.85. The summed E-state index contributed by atoms with van der Waals surface area (Å²) < 4.78 is 12.4. The Morgan fingerprint density at radius 2 is 1.48 bits per heavy atom. The summed E-state index contributed by atoms with van der Waals surface area (Å²) in [4.78, 5) is 0.678. The van der Waals surface area contributed by atoms with Gasteiger partial charge in [0.2, 0.25) is 0 Å². The van der Waals surface area contributed by atoms with Gasteiger partial charge >= 0.3 is 0 Å². The molecule has 3 rings (SSSR count). The van der Waals surface area contributed by atoms with E-state index in [1.165, 1.54) is 83.5 Å². The first-order chi connectivity index (χ1) is 13.2. The maximum atomic E-state index is 6.35. The van der Waals surface area contributed by atoms with E-state index < -0.39 is 0 Å². The number of alkyl halides is 1. The van der Waals surface area contributed by atoms with Gasteiger partial charge in [-0.3, -0.25) is 0 Å². The molecule has 3 unspecified atom stereocenters. The summed E-state index contributed by atoms with van der Waals surface area (Å²) in [7, 11) is 0. The summed E-state index contributed by atoms with van der Waals surface area (Å²) in [6.45, 7) is 6.50. The molecule has 2 nitrogen and oxygen atoms in total. The lowest BCUT2D eigenvalue weighted by molar-refractivity contribution is -0.0592. The van der Waals surface area contributed by atoms with Gasteiger partial charge in [0, 0.05) is 11.4 Å². The molecule has 27 heavy (non-hydrogen) atoms. The minimum absolute atomic E-state index is 0.520. The second-order valence-electron chi connectivity index (χ2n) is 9.61. The van der Waals surface area contributed by atoms with Gasteiger partial charge in [0.25, 0.3) is 0 Å². The number of hydrogen-bond donors (Lipinski definition) is 0. The average molecular weight is 444 g/mol. The Bertz CT molecular complexity index is 399. The molecule has 3 atom stereocenters. The van der Waals surface area contributed by atoms with Crippen LogP contribution in [0.1, 0.15) is 97.3 Å². The van der Waals surface area contributed by atoms with E-state index in [9.17, 15) is 0 Å². The van der Waals surface area contributed by atoms with E-state index in [1.807, 2.05) is 0 Å². The van der Waals surface area contributed by atoms with Gasteiger partial charge in [-0.15, -0.1) is 0 Å². The van der Waals surface area contributed by atoms with E-state index in [0.29, 0.717) is 17.0 Å². The largest absolute Gasteiger partial charge is 0.378 e. The van der Waals surface area contributed by atoms with Gasteiger partial charge in [0.05, 0.1) is 18.8 Å². The molecule has 0 radical (unpaired) electrons. The van der Waals surface area contributed by atoms with Crippen molar-refractivity contribution in [3.8, 4) is 0 Å². The number of hydrogen-bond acceptors (Lipinski definition) is 2. The molecule has 3 fully saturated rings. The second kappa shape index (κ2) is 11.6. The Balaban J connectivity index is 1.35.